The summed E-state index contributed by atoms with van der Waals surface area (Å²) in [5.74, 6) is 0.649. The highest BCUT2D eigenvalue weighted by molar-refractivity contribution is 6.03. The van der Waals surface area contributed by atoms with E-state index in [9.17, 15) is 4.79 Å². The summed E-state index contributed by atoms with van der Waals surface area (Å²) in [5, 5.41) is 15.0. The van der Waals surface area contributed by atoms with Crippen molar-refractivity contribution in [3.8, 4) is 6.07 Å². The molecule has 0 atom stereocenters. The highest BCUT2D eigenvalue weighted by Gasteiger charge is 2.09. The van der Waals surface area contributed by atoms with E-state index >= 15 is 0 Å². The van der Waals surface area contributed by atoms with Crippen molar-refractivity contribution < 1.29 is 9.32 Å². The van der Waals surface area contributed by atoms with Crippen molar-refractivity contribution in [2.75, 3.05) is 5.32 Å². The molecule has 0 aliphatic carbocycles. The molecule has 17 heavy (non-hydrogen) atoms. The molecule has 0 aliphatic rings. The van der Waals surface area contributed by atoms with Gasteiger partial charge in [-0.15, -0.1) is 0 Å². The number of nitrogens with zero attached hydrogens (tertiary/aromatic N) is 2. The van der Waals surface area contributed by atoms with E-state index < -0.39 is 0 Å². The van der Waals surface area contributed by atoms with Crippen LogP contribution in [0.2, 0.25) is 0 Å². The van der Waals surface area contributed by atoms with Crippen LogP contribution in [-0.2, 0) is 0 Å². The minimum absolute atomic E-state index is 0.324. The predicted molar refractivity (Wildman–Crippen MR) is 60.4 cm³/mol. The molecule has 2 aromatic rings. The Hall–Kier alpha value is -2.61. The molecule has 0 fully saturated rings. The summed E-state index contributed by atoms with van der Waals surface area (Å²) >= 11 is 0. The molecule has 1 heterocycles. The fourth-order valence-corrected chi connectivity index (χ4v) is 1.34. The molecule has 1 aromatic carbocycles. The molecule has 0 unspecified atom stereocenters. The molecule has 0 aliphatic heterocycles. The van der Waals surface area contributed by atoms with Gasteiger partial charge >= 0.3 is 0 Å². The van der Waals surface area contributed by atoms with Crippen molar-refractivity contribution in [1.82, 2.24) is 5.16 Å². The summed E-state index contributed by atoms with van der Waals surface area (Å²) in [6.07, 6.45) is 0. The fourth-order valence-electron chi connectivity index (χ4n) is 1.34. The van der Waals surface area contributed by atoms with Crippen LogP contribution in [0.15, 0.2) is 34.9 Å². The molecule has 1 amide bonds. The normalized spacial score (nSPS) is 9.65. The third-order valence-electron chi connectivity index (χ3n) is 2.12. The Kier molecular flexibility index (Phi) is 2.88. The van der Waals surface area contributed by atoms with E-state index in [2.05, 4.69) is 10.5 Å². The number of anilines is 1. The van der Waals surface area contributed by atoms with Crippen LogP contribution in [0.4, 0.5) is 5.82 Å². The lowest BCUT2D eigenvalue weighted by molar-refractivity contribution is 0.102. The number of rotatable bonds is 2. The maximum atomic E-state index is 11.8. The summed E-state index contributed by atoms with van der Waals surface area (Å²) in [5.41, 5.74) is 0.846. The maximum absolute atomic E-state index is 11.8. The topological polar surface area (TPSA) is 78.9 Å². The number of aromatic nitrogens is 1. The molecule has 0 radical (unpaired) electrons. The van der Waals surface area contributed by atoms with Crippen LogP contribution in [0.3, 0.4) is 0 Å². The van der Waals surface area contributed by atoms with E-state index in [1.165, 1.54) is 6.07 Å². The Morgan fingerprint density at radius 1 is 1.47 bits per heavy atom. The maximum Gasteiger partial charge on any atom is 0.256 e. The van der Waals surface area contributed by atoms with Crippen LogP contribution in [0.1, 0.15) is 21.7 Å². The Balaban J connectivity index is 2.17. The van der Waals surface area contributed by atoms with Gasteiger partial charge in [-0.05, 0) is 25.1 Å². The van der Waals surface area contributed by atoms with Crippen molar-refractivity contribution >= 4 is 11.7 Å². The number of carbonyl (C=O) groups is 1. The summed E-state index contributed by atoms with van der Waals surface area (Å²) in [6.45, 7) is 1.74. The molecular weight excluding hydrogens is 218 g/mol. The minimum Gasteiger partial charge on any atom is -0.360 e. The SMILES string of the molecule is Cc1cc(NC(=O)c2cccc(C#N)c2)no1. The lowest BCUT2D eigenvalue weighted by Gasteiger charge is -2.00. The van der Waals surface area contributed by atoms with Gasteiger partial charge in [-0.3, -0.25) is 4.79 Å². The molecular formula is C12H9N3O2. The van der Waals surface area contributed by atoms with E-state index in [0.717, 1.165) is 0 Å². The average molecular weight is 227 g/mol. The molecule has 2 rings (SSSR count). The van der Waals surface area contributed by atoms with Gasteiger partial charge in [0.05, 0.1) is 11.6 Å². The van der Waals surface area contributed by atoms with Gasteiger partial charge in [0.2, 0.25) is 0 Å². The van der Waals surface area contributed by atoms with E-state index in [1.54, 1.807) is 31.2 Å². The zero-order chi connectivity index (χ0) is 12.3. The number of carbonyl (C=O) groups excluding carboxylic acids is 1. The zero-order valence-electron chi connectivity index (χ0n) is 9.10. The van der Waals surface area contributed by atoms with Crippen molar-refractivity contribution in [3.63, 3.8) is 0 Å². The van der Waals surface area contributed by atoms with Gasteiger partial charge < -0.3 is 9.84 Å². The molecule has 1 N–H and O–H groups in total. The van der Waals surface area contributed by atoms with Gasteiger partial charge in [0, 0.05) is 11.6 Å². The largest absolute Gasteiger partial charge is 0.360 e. The van der Waals surface area contributed by atoms with Crippen LogP contribution in [-0.4, -0.2) is 11.1 Å². The first kappa shape index (κ1) is 10.9. The Labute approximate surface area is 97.7 Å². The predicted octanol–water partition coefficient (Wildman–Crippen LogP) is 2.11. The second kappa shape index (κ2) is 4.49. The molecule has 5 heteroatoms. The Morgan fingerprint density at radius 2 is 2.29 bits per heavy atom. The lowest BCUT2D eigenvalue weighted by Crippen LogP contribution is -2.12. The van der Waals surface area contributed by atoms with Crippen molar-refractivity contribution in [2.24, 2.45) is 0 Å². The summed E-state index contributed by atoms with van der Waals surface area (Å²) in [7, 11) is 0. The van der Waals surface area contributed by atoms with Gasteiger partial charge in [-0.1, -0.05) is 11.2 Å². The molecule has 1 aromatic heterocycles. The monoisotopic (exact) mass is 227 g/mol. The number of aryl methyl sites for hydroxylation is 1. The van der Waals surface area contributed by atoms with Gasteiger partial charge in [0.25, 0.3) is 5.91 Å². The van der Waals surface area contributed by atoms with Crippen molar-refractivity contribution in [2.45, 2.75) is 6.92 Å². The van der Waals surface area contributed by atoms with Crippen molar-refractivity contribution in [3.05, 3.63) is 47.2 Å². The second-order valence-electron chi connectivity index (χ2n) is 3.47. The highest BCUT2D eigenvalue weighted by Crippen LogP contribution is 2.10. The summed E-state index contributed by atoms with van der Waals surface area (Å²) < 4.78 is 4.83. The summed E-state index contributed by atoms with van der Waals surface area (Å²) in [4.78, 5) is 11.8. The second-order valence-corrected chi connectivity index (χ2v) is 3.47. The minimum atomic E-state index is -0.324. The number of hydrogen-bond donors (Lipinski definition) is 1. The molecule has 0 bridgehead atoms. The number of nitrogens with one attached hydrogen (secondary N) is 1. The molecule has 84 valence electrons. The molecule has 0 saturated carbocycles. The van der Waals surface area contributed by atoms with Crippen LogP contribution in [0, 0.1) is 18.3 Å². The van der Waals surface area contributed by atoms with Gasteiger partial charge in [0.15, 0.2) is 5.82 Å². The number of hydrogen-bond acceptors (Lipinski definition) is 4. The van der Waals surface area contributed by atoms with E-state index in [1.807, 2.05) is 6.07 Å². The molecule has 0 spiro atoms. The highest BCUT2D eigenvalue weighted by atomic mass is 16.5. The number of amides is 1. The number of benzene rings is 1. The van der Waals surface area contributed by atoms with Gasteiger partial charge in [-0.25, -0.2) is 0 Å². The first-order chi connectivity index (χ1) is 8.19. The van der Waals surface area contributed by atoms with Crippen LogP contribution in [0.25, 0.3) is 0 Å². The Bertz CT molecular complexity index is 596. The van der Waals surface area contributed by atoms with Gasteiger partial charge in [0.1, 0.15) is 5.76 Å². The quantitative estimate of drug-likeness (QED) is 0.852. The zero-order valence-corrected chi connectivity index (χ0v) is 9.10. The van der Waals surface area contributed by atoms with Crippen LogP contribution in [0.5, 0.6) is 0 Å². The lowest BCUT2D eigenvalue weighted by atomic mass is 10.1. The number of nitriles is 1. The van der Waals surface area contributed by atoms with E-state index in [-0.39, 0.29) is 5.91 Å². The molecule has 5 nitrogen and oxygen atoms in total. The third kappa shape index (κ3) is 2.49. The summed E-state index contributed by atoms with van der Waals surface area (Å²) in [6, 6.07) is 10.0. The Morgan fingerprint density at radius 3 is 2.94 bits per heavy atom. The van der Waals surface area contributed by atoms with Crippen LogP contribution >= 0.6 is 0 Å². The molecule has 0 saturated heterocycles. The van der Waals surface area contributed by atoms with Crippen molar-refractivity contribution in [1.29, 1.82) is 5.26 Å². The standard InChI is InChI=1S/C12H9N3O2/c1-8-5-11(15-17-8)14-12(16)10-4-2-3-9(6-10)7-13/h2-6H,1H3,(H,14,15,16). The average Bonchev–Trinajstić information content (AvgIpc) is 2.75. The third-order valence-corrected chi connectivity index (χ3v) is 2.12. The fraction of sp³-hybridized carbons (Fsp3) is 0.0833. The van der Waals surface area contributed by atoms with Gasteiger partial charge in [-0.2, -0.15) is 5.26 Å². The first-order valence-corrected chi connectivity index (χ1v) is 4.94. The van der Waals surface area contributed by atoms with E-state index in [0.29, 0.717) is 22.7 Å². The first-order valence-electron chi connectivity index (χ1n) is 4.94. The van der Waals surface area contributed by atoms with E-state index in [4.69, 9.17) is 9.78 Å². The van der Waals surface area contributed by atoms with Crippen LogP contribution < -0.4 is 5.32 Å². The smallest absolute Gasteiger partial charge is 0.256 e.